The predicted molar refractivity (Wildman–Crippen MR) is 74.2 cm³/mol. The lowest BCUT2D eigenvalue weighted by Crippen LogP contribution is -2.17. The number of hydrogen-bond donors (Lipinski definition) is 1. The molecule has 0 fully saturated rings. The molecule has 0 aromatic carbocycles. The van der Waals surface area contributed by atoms with E-state index in [0.29, 0.717) is 13.2 Å². The molecule has 2 aromatic heterocycles. The minimum atomic E-state index is 0.661. The van der Waals surface area contributed by atoms with Crippen LogP contribution in [-0.2, 0) is 16.0 Å². The highest BCUT2D eigenvalue weighted by molar-refractivity contribution is 5.39. The number of fused-ring (bicyclic) bond motifs is 1. The Hall–Kier alpha value is -1.43. The van der Waals surface area contributed by atoms with E-state index in [2.05, 4.69) is 16.5 Å². The van der Waals surface area contributed by atoms with Gasteiger partial charge in [-0.05, 0) is 25.1 Å². The maximum absolute atomic E-state index is 5.39. The van der Waals surface area contributed by atoms with Crippen LogP contribution < -0.4 is 5.32 Å². The number of pyridine rings is 1. The van der Waals surface area contributed by atoms with E-state index in [9.17, 15) is 0 Å². The van der Waals surface area contributed by atoms with E-state index in [1.807, 2.05) is 28.8 Å². The molecule has 0 radical (unpaired) electrons. The van der Waals surface area contributed by atoms with Crippen LogP contribution in [0.4, 0.5) is 0 Å². The molecule has 0 unspecified atom stereocenters. The molecule has 1 N–H and O–H groups in total. The number of nitrogens with one attached hydrogen (secondary N) is 1. The Morgan fingerprint density at radius 1 is 1.26 bits per heavy atom. The second kappa shape index (κ2) is 7.89. The Morgan fingerprint density at radius 2 is 2.21 bits per heavy atom. The van der Waals surface area contributed by atoms with E-state index in [1.165, 1.54) is 0 Å². The number of aromatic nitrogens is 2. The molecular formula is C14H21N3O2. The molecule has 0 aliphatic carbocycles. The van der Waals surface area contributed by atoms with Crippen molar-refractivity contribution in [1.82, 2.24) is 14.7 Å². The Labute approximate surface area is 113 Å². The first-order valence-electron chi connectivity index (χ1n) is 6.60. The molecule has 0 atom stereocenters. The van der Waals surface area contributed by atoms with E-state index in [0.717, 1.165) is 37.5 Å². The van der Waals surface area contributed by atoms with Crippen molar-refractivity contribution in [3.63, 3.8) is 0 Å². The lowest BCUT2D eigenvalue weighted by Gasteiger charge is -2.04. The Morgan fingerprint density at radius 3 is 3.05 bits per heavy atom. The minimum Gasteiger partial charge on any atom is -0.382 e. The summed E-state index contributed by atoms with van der Waals surface area (Å²) >= 11 is 0. The molecule has 104 valence electrons. The lowest BCUT2D eigenvalue weighted by molar-refractivity contribution is 0.0694. The van der Waals surface area contributed by atoms with Crippen LogP contribution in [0.25, 0.3) is 5.65 Å². The van der Waals surface area contributed by atoms with Crippen molar-refractivity contribution in [2.24, 2.45) is 0 Å². The van der Waals surface area contributed by atoms with Crippen LogP contribution in [0.5, 0.6) is 0 Å². The fourth-order valence-electron chi connectivity index (χ4n) is 1.83. The molecule has 0 saturated heterocycles. The topological polar surface area (TPSA) is 47.8 Å². The van der Waals surface area contributed by atoms with Gasteiger partial charge in [-0.15, -0.1) is 0 Å². The first-order valence-corrected chi connectivity index (χ1v) is 6.60. The Kier molecular flexibility index (Phi) is 5.81. The SMILES string of the molecule is COCCOCCCNCc1cn2ccccc2n1. The van der Waals surface area contributed by atoms with Crippen molar-refractivity contribution >= 4 is 5.65 Å². The lowest BCUT2D eigenvalue weighted by atomic mass is 10.4. The van der Waals surface area contributed by atoms with Gasteiger partial charge in [0.2, 0.25) is 0 Å². The summed E-state index contributed by atoms with van der Waals surface area (Å²) in [6.07, 6.45) is 5.06. The van der Waals surface area contributed by atoms with Gasteiger partial charge in [-0.2, -0.15) is 0 Å². The van der Waals surface area contributed by atoms with Crippen LogP contribution >= 0.6 is 0 Å². The monoisotopic (exact) mass is 263 g/mol. The quantitative estimate of drug-likeness (QED) is 0.696. The molecule has 0 bridgehead atoms. The summed E-state index contributed by atoms with van der Waals surface area (Å²) in [6.45, 7) is 3.82. The highest BCUT2D eigenvalue weighted by Gasteiger charge is 1.99. The van der Waals surface area contributed by atoms with E-state index >= 15 is 0 Å². The van der Waals surface area contributed by atoms with Gasteiger partial charge in [-0.25, -0.2) is 4.98 Å². The number of rotatable bonds is 9. The number of imidazole rings is 1. The normalized spacial score (nSPS) is 11.2. The van der Waals surface area contributed by atoms with Crippen molar-refractivity contribution in [2.45, 2.75) is 13.0 Å². The van der Waals surface area contributed by atoms with Gasteiger partial charge in [-0.1, -0.05) is 6.07 Å². The number of ether oxygens (including phenoxy) is 2. The van der Waals surface area contributed by atoms with Crippen molar-refractivity contribution in [1.29, 1.82) is 0 Å². The fourth-order valence-corrected chi connectivity index (χ4v) is 1.83. The van der Waals surface area contributed by atoms with Gasteiger partial charge in [0.15, 0.2) is 0 Å². The zero-order valence-electron chi connectivity index (χ0n) is 11.3. The smallest absolute Gasteiger partial charge is 0.137 e. The summed E-state index contributed by atoms with van der Waals surface area (Å²) in [7, 11) is 1.68. The zero-order chi connectivity index (χ0) is 13.3. The molecule has 5 nitrogen and oxygen atoms in total. The first kappa shape index (κ1) is 14.0. The molecule has 19 heavy (non-hydrogen) atoms. The summed E-state index contributed by atoms with van der Waals surface area (Å²) < 4.78 is 12.3. The largest absolute Gasteiger partial charge is 0.382 e. The summed E-state index contributed by atoms with van der Waals surface area (Å²) in [6, 6.07) is 6.01. The maximum Gasteiger partial charge on any atom is 0.137 e. The summed E-state index contributed by atoms with van der Waals surface area (Å²) in [4.78, 5) is 4.52. The summed E-state index contributed by atoms with van der Waals surface area (Å²) in [5.74, 6) is 0. The molecule has 2 aromatic rings. The Bertz CT molecular complexity index is 451. The van der Waals surface area contributed by atoms with Crippen molar-refractivity contribution < 1.29 is 9.47 Å². The van der Waals surface area contributed by atoms with Crippen molar-refractivity contribution in [3.05, 3.63) is 36.3 Å². The fraction of sp³-hybridized carbons (Fsp3) is 0.500. The van der Waals surface area contributed by atoms with Crippen LogP contribution in [0.3, 0.4) is 0 Å². The third-order valence-electron chi connectivity index (χ3n) is 2.79. The third-order valence-corrected chi connectivity index (χ3v) is 2.79. The van der Waals surface area contributed by atoms with Crippen molar-refractivity contribution in [2.75, 3.05) is 33.5 Å². The molecular weight excluding hydrogens is 242 g/mol. The number of nitrogens with zero attached hydrogens (tertiary/aromatic N) is 2. The van der Waals surface area contributed by atoms with E-state index in [1.54, 1.807) is 7.11 Å². The molecule has 0 saturated carbocycles. The molecule has 2 rings (SSSR count). The van der Waals surface area contributed by atoms with E-state index < -0.39 is 0 Å². The average molecular weight is 263 g/mol. The number of methoxy groups -OCH3 is 1. The van der Waals surface area contributed by atoms with Gasteiger partial charge in [0.05, 0.1) is 18.9 Å². The van der Waals surface area contributed by atoms with Gasteiger partial charge >= 0.3 is 0 Å². The van der Waals surface area contributed by atoms with Gasteiger partial charge in [-0.3, -0.25) is 0 Å². The van der Waals surface area contributed by atoms with Gasteiger partial charge in [0, 0.05) is 32.7 Å². The zero-order valence-corrected chi connectivity index (χ0v) is 11.3. The van der Waals surface area contributed by atoms with Crippen molar-refractivity contribution in [3.8, 4) is 0 Å². The second-order valence-electron chi connectivity index (χ2n) is 4.33. The third kappa shape index (κ3) is 4.63. The average Bonchev–Trinajstić information content (AvgIpc) is 2.84. The highest BCUT2D eigenvalue weighted by atomic mass is 16.5. The van der Waals surface area contributed by atoms with Gasteiger partial charge in [0.1, 0.15) is 5.65 Å². The summed E-state index contributed by atoms with van der Waals surface area (Å²) in [5, 5.41) is 3.37. The number of hydrogen-bond acceptors (Lipinski definition) is 4. The van der Waals surface area contributed by atoms with Crippen LogP contribution in [0.2, 0.25) is 0 Å². The Balaban J connectivity index is 1.60. The van der Waals surface area contributed by atoms with Crippen LogP contribution in [0.15, 0.2) is 30.6 Å². The minimum absolute atomic E-state index is 0.661. The van der Waals surface area contributed by atoms with Crippen LogP contribution in [0, 0.1) is 0 Å². The standard InChI is InChI=1S/C14H21N3O2/c1-18-9-10-19-8-4-6-15-11-13-12-17-7-3-2-5-14(17)16-13/h2-3,5,7,12,15H,4,6,8-11H2,1H3. The predicted octanol–water partition coefficient (Wildman–Crippen LogP) is 1.48. The molecule has 0 spiro atoms. The van der Waals surface area contributed by atoms with Crippen LogP contribution in [0.1, 0.15) is 12.1 Å². The highest BCUT2D eigenvalue weighted by Crippen LogP contribution is 2.03. The molecule has 2 heterocycles. The van der Waals surface area contributed by atoms with Gasteiger partial charge < -0.3 is 19.2 Å². The van der Waals surface area contributed by atoms with E-state index in [-0.39, 0.29) is 0 Å². The van der Waals surface area contributed by atoms with E-state index in [4.69, 9.17) is 9.47 Å². The summed E-state index contributed by atoms with van der Waals surface area (Å²) in [5.41, 5.74) is 2.05. The van der Waals surface area contributed by atoms with Crippen LogP contribution in [-0.4, -0.2) is 42.9 Å². The second-order valence-corrected chi connectivity index (χ2v) is 4.33. The molecule has 0 aliphatic rings. The van der Waals surface area contributed by atoms with Gasteiger partial charge in [0.25, 0.3) is 0 Å². The molecule has 0 aliphatic heterocycles. The molecule has 0 amide bonds. The maximum atomic E-state index is 5.39. The first-order chi connectivity index (χ1) is 9.40. The molecule has 5 heteroatoms.